The number of nitrogens with zero attached hydrogens (tertiary/aromatic N) is 2. The van der Waals surface area contributed by atoms with Crippen LogP contribution in [-0.2, 0) is 0 Å². The fourth-order valence-electron chi connectivity index (χ4n) is 2.05. The minimum Gasteiger partial charge on any atom is -0.314 e. The van der Waals surface area contributed by atoms with E-state index in [1.807, 2.05) is 0 Å². The molecular formula is C8H14N4O2S2. The van der Waals surface area contributed by atoms with Gasteiger partial charge in [-0.3, -0.25) is 9.80 Å². The quantitative estimate of drug-likeness (QED) is 0.519. The summed E-state index contributed by atoms with van der Waals surface area (Å²) in [5.74, 6) is 1.14. The second-order valence-electron chi connectivity index (χ2n) is 3.62. The Hall–Kier alpha value is -0.760. The van der Waals surface area contributed by atoms with Crippen LogP contribution in [0, 0.1) is 0 Å². The first-order valence-electron chi connectivity index (χ1n) is 5.05. The van der Waals surface area contributed by atoms with Crippen LogP contribution in [0.5, 0.6) is 0 Å². The van der Waals surface area contributed by atoms with Crippen molar-refractivity contribution in [2.45, 2.75) is 12.3 Å². The minimum atomic E-state index is -0.285. The Balaban J connectivity index is 2.16. The van der Waals surface area contributed by atoms with Gasteiger partial charge in [0.05, 0.1) is 0 Å². The van der Waals surface area contributed by atoms with E-state index in [0.717, 1.165) is 0 Å². The third-order valence-corrected chi connectivity index (χ3v) is 3.10. The molecule has 2 aliphatic rings. The number of thiol groups is 2. The molecular weight excluding hydrogens is 248 g/mol. The fraction of sp³-hybridized carbons (Fsp3) is 0.750. The third kappa shape index (κ3) is 1.80. The zero-order chi connectivity index (χ0) is 11.7. The van der Waals surface area contributed by atoms with E-state index in [0.29, 0.717) is 24.6 Å². The van der Waals surface area contributed by atoms with Gasteiger partial charge in [0.15, 0.2) is 0 Å². The number of hydrogen-bond acceptors (Lipinski definition) is 4. The van der Waals surface area contributed by atoms with Crippen molar-refractivity contribution in [1.29, 1.82) is 0 Å². The van der Waals surface area contributed by atoms with Crippen molar-refractivity contribution in [2.24, 2.45) is 0 Å². The smallest absolute Gasteiger partial charge is 0.314 e. The van der Waals surface area contributed by atoms with Crippen LogP contribution in [0.25, 0.3) is 0 Å². The molecule has 0 bridgehead atoms. The molecule has 2 N–H and O–H groups in total. The van der Waals surface area contributed by atoms with Crippen molar-refractivity contribution in [3.05, 3.63) is 0 Å². The van der Waals surface area contributed by atoms with Crippen LogP contribution in [0.15, 0.2) is 0 Å². The summed E-state index contributed by atoms with van der Waals surface area (Å²) in [6.07, 6.45) is -0.570. The molecule has 2 aliphatic heterocycles. The van der Waals surface area contributed by atoms with Crippen LogP contribution in [-0.4, -0.2) is 58.8 Å². The Labute approximate surface area is 105 Å². The van der Waals surface area contributed by atoms with Gasteiger partial charge in [0.25, 0.3) is 0 Å². The highest BCUT2D eigenvalue weighted by Crippen LogP contribution is 2.22. The summed E-state index contributed by atoms with van der Waals surface area (Å²) in [7, 11) is 0. The molecule has 8 heteroatoms. The highest BCUT2D eigenvalue weighted by Gasteiger charge is 2.50. The first-order chi connectivity index (χ1) is 7.69. The average Bonchev–Trinajstić information content (AvgIpc) is 2.71. The van der Waals surface area contributed by atoms with Gasteiger partial charge in [-0.05, 0) is 0 Å². The summed E-state index contributed by atoms with van der Waals surface area (Å²) in [6.45, 7) is 1.04. The van der Waals surface area contributed by atoms with Gasteiger partial charge in [0.2, 0.25) is 0 Å². The highest BCUT2D eigenvalue weighted by atomic mass is 32.1. The molecule has 4 amide bonds. The second-order valence-corrected chi connectivity index (χ2v) is 4.52. The molecule has 0 aromatic carbocycles. The van der Waals surface area contributed by atoms with E-state index in [-0.39, 0.29) is 24.4 Å². The molecule has 2 rings (SSSR count). The lowest BCUT2D eigenvalue weighted by molar-refractivity contribution is 0.182. The van der Waals surface area contributed by atoms with Crippen molar-refractivity contribution in [3.63, 3.8) is 0 Å². The van der Waals surface area contributed by atoms with Gasteiger partial charge in [-0.25, -0.2) is 9.59 Å². The van der Waals surface area contributed by atoms with Crippen LogP contribution in [0.2, 0.25) is 0 Å². The molecule has 2 fully saturated rings. The number of hydrogen-bond donors (Lipinski definition) is 4. The Morgan fingerprint density at radius 3 is 1.81 bits per heavy atom. The second kappa shape index (κ2) is 4.62. The molecule has 2 saturated heterocycles. The van der Waals surface area contributed by atoms with E-state index in [4.69, 9.17) is 0 Å². The molecule has 0 saturated carbocycles. The molecule has 2 unspecified atom stereocenters. The summed E-state index contributed by atoms with van der Waals surface area (Å²) in [5, 5.41) is 5.45. The molecule has 0 aromatic rings. The average molecular weight is 262 g/mol. The van der Waals surface area contributed by atoms with E-state index < -0.39 is 0 Å². The first-order valence-corrected chi connectivity index (χ1v) is 6.31. The normalized spacial score (nSPS) is 28.1. The molecule has 90 valence electrons. The SMILES string of the molecule is O=C1NC2C(N1)N(CCS)C(=O)N2CCS. The molecule has 0 spiro atoms. The number of rotatable bonds is 4. The zero-order valence-corrected chi connectivity index (χ0v) is 10.4. The Morgan fingerprint density at radius 2 is 1.44 bits per heavy atom. The van der Waals surface area contributed by atoms with Gasteiger partial charge in [-0.1, -0.05) is 0 Å². The number of fused-ring (bicyclic) bond motifs is 1. The minimum absolute atomic E-state index is 0.0781. The van der Waals surface area contributed by atoms with Crippen molar-refractivity contribution < 1.29 is 9.59 Å². The molecule has 0 aliphatic carbocycles. The maximum absolute atomic E-state index is 12.0. The van der Waals surface area contributed by atoms with E-state index >= 15 is 0 Å². The van der Waals surface area contributed by atoms with Crippen molar-refractivity contribution in [1.82, 2.24) is 20.4 Å². The summed E-state index contributed by atoms with van der Waals surface area (Å²) < 4.78 is 0. The Bertz CT molecular complexity index is 288. The lowest BCUT2D eigenvalue weighted by atomic mass is 10.4. The van der Waals surface area contributed by atoms with E-state index in [1.165, 1.54) is 0 Å². The lowest BCUT2D eigenvalue weighted by Gasteiger charge is -2.20. The maximum Gasteiger partial charge on any atom is 0.323 e. The predicted molar refractivity (Wildman–Crippen MR) is 65.8 cm³/mol. The first kappa shape index (κ1) is 11.7. The van der Waals surface area contributed by atoms with Gasteiger partial charge in [0.1, 0.15) is 12.3 Å². The van der Waals surface area contributed by atoms with Gasteiger partial charge < -0.3 is 10.6 Å². The van der Waals surface area contributed by atoms with E-state index in [1.54, 1.807) is 9.80 Å². The summed E-state index contributed by atoms with van der Waals surface area (Å²) in [6, 6.07) is -0.318. The largest absolute Gasteiger partial charge is 0.323 e. The molecule has 0 aromatic heterocycles. The summed E-state index contributed by atoms with van der Waals surface area (Å²) in [5.41, 5.74) is 0. The highest BCUT2D eigenvalue weighted by molar-refractivity contribution is 7.80. The summed E-state index contributed by atoms with van der Waals surface area (Å²) >= 11 is 8.22. The standard InChI is InChI=1S/C8H14N4O2S2/c13-7-9-5-6(10-7)12(2-4-16)8(14)11(5)1-3-15/h5-6,15-16H,1-4H2,(H2,9,10,13). The predicted octanol–water partition coefficient (Wildman–Crippen LogP) is -0.451. The van der Waals surface area contributed by atoms with Gasteiger partial charge >= 0.3 is 12.1 Å². The van der Waals surface area contributed by atoms with Gasteiger partial charge in [-0.15, -0.1) is 0 Å². The topological polar surface area (TPSA) is 64.7 Å². The van der Waals surface area contributed by atoms with Crippen LogP contribution in [0.1, 0.15) is 0 Å². The van der Waals surface area contributed by atoms with Crippen LogP contribution >= 0.6 is 25.3 Å². The number of carbonyl (C=O) groups is 2. The number of carbonyl (C=O) groups excluding carboxylic acids is 2. The van der Waals surface area contributed by atoms with Crippen molar-refractivity contribution >= 4 is 37.3 Å². The third-order valence-electron chi connectivity index (χ3n) is 2.70. The number of urea groups is 2. The maximum atomic E-state index is 12.0. The van der Waals surface area contributed by atoms with Crippen LogP contribution < -0.4 is 10.6 Å². The van der Waals surface area contributed by atoms with E-state index in [2.05, 4.69) is 35.9 Å². The van der Waals surface area contributed by atoms with Gasteiger partial charge in [-0.2, -0.15) is 25.3 Å². The van der Waals surface area contributed by atoms with Crippen LogP contribution in [0.3, 0.4) is 0 Å². The van der Waals surface area contributed by atoms with Crippen LogP contribution in [0.4, 0.5) is 9.59 Å². The molecule has 6 nitrogen and oxygen atoms in total. The molecule has 0 radical (unpaired) electrons. The fourth-order valence-corrected chi connectivity index (χ4v) is 2.48. The molecule has 2 heterocycles. The monoisotopic (exact) mass is 262 g/mol. The molecule has 2 atom stereocenters. The van der Waals surface area contributed by atoms with Gasteiger partial charge in [0, 0.05) is 24.6 Å². The zero-order valence-electron chi connectivity index (χ0n) is 8.59. The molecule has 16 heavy (non-hydrogen) atoms. The summed E-state index contributed by atoms with van der Waals surface area (Å²) in [4.78, 5) is 26.5. The van der Waals surface area contributed by atoms with Crippen molar-refractivity contribution in [3.8, 4) is 0 Å². The lowest BCUT2D eigenvalue weighted by Crippen LogP contribution is -2.44. The Kier molecular flexibility index (Phi) is 3.38. The van der Waals surface area contributed by atoms with Crippen molar-refractivity contribution in [2.75, 3.05) is 24.6 Å². The Morgan fingerprint density at radius 1 is 1.00 bits per heavy atom. The number of nitrogens with one attached hydrogen (secondary N) is 2. The van der Waals surface area contributed by atoms with E-state index in [9.17, 15) is 9.59 Å². The number of amides is 4.